The molecule has 1 saturated heterocycles. The van der Waals surface area contributed by atoms with Crippen LogP contribution >= 0.6 is 11.3 Å². The van der Waals surface area contributed by atoms with Gasteiger partial charge in [0.1, 0.15) is 0 Å². The number of thiophene rings is 1. The number of likely N-dealkylation sites (tertiary alicyclic amines) is 1. The van der Waals surface area contributed by atoms with Crippen molar-refractivity contribution in [3.05, 3.63) is 21.9 Å². The first kappa shape index (κ1) is 20.1. The van der Waals surface area contributed by atoms with Crippen molar-refractivity contribution in [1.82, 2.24) is 4.90 Å². The van der Waals surface area contributed by atoms with Crippen molar-refractivity contribution in [1.29, 1.82) is 0 Å². The fourth-order valence-electron chi connectivity index (χ4n) is 3.17. The maximum absolute atomic E-state index is 12.1. The van der Waals surface area contributed by atoms with E-state index in [1.54, 1.807) is 6.07 Å². The third-order valence-electron chi connectivity index (χ3n) is 4.65. The average molecular weight is 368 g/mol. The molecule has 2 atom stereocenters. The van der Waals surface area contributed by atoms with Gasteiger partial charge in [0.15, 0.2) is 6.29 Å². The van der Waals surface area contributed by atoms with E-state index in [4.69, 9.17) is 4.74 Å². The molecule has 1 aromatic rings. The summed E-state index contributed by atoms with van der Waals surface area (Å²) in [5.41, 5.74) is 0. The Balaban J connectivity index is 1.71. The lowest BCUT2D eigenvalue weighted by molar-refractivity contribution is -0.130. The minimum Gasteiger partial charge on any atom is -0.393 e. The number of carbonyl (C=O) groups excluding carboxylic acids is 2. The maximum Gasteiger partial charge on any atom is 0.222 e. The Hall–Kier alpha value is -1.24. The van der Waals surface area contributed by atoms with Crippen LogP contribution in [0.3, 0.4) is 0 Å². The van der Waals surface area contributed by atoms with Gasteiger partial charge >= 0.3 is 0 Å². The number of carbonyl (C=O) groups is 2. The van der Waals surface area contributed by atoms with Gasteiger partial charge < -0.3 is 14.7 Å². The number of amides is 1. The van der Waals surface area contributed by atoms with Crippen LogP contribution < -0.4 is 0 Å². The smallest absolute Gasteiger partial charge is 0.222 e. The summed E-state index contributed by atoms with van der Waals surface area (Å²) in [5.74, 6) is 0.161. The van der Waals surface area contributed by atoms with Gasteiger partial charge in [0.05, 0.1) is 30.2 Å². The summed E-state index contributed by atoms with van der Waals surface area (Å²) in [5, 5.41) is 10.1. The Morgan fingerprint density at radius 1 is 1.40 bits per heavy atom. The molecule has 0 bridgehead atoms. The second-order valence-corrected chi connectivity index (χ2v) is 7.85. The summed E-state index contributed by atoms with van der Waals surface area (Å²) in [4.78, 5) is 26.4. The third kappa shape index (κ3) is 6.53. The normalized spacial score (nSPS) is 18.7. The van der Waals surface area contributed by atoms with Crippen LogP contribution in [0.25, 0.3) is 0 Å². The first-order valence-corrected chi connectivity index (χ1v) is 10.0. The molecule has 0 spiro atoms. The Morgan fingerprint density at radius 2 is 2.24 bits per heavy atom. The van der Waals surface area contributed by atoms with Crippen LogP contribution in [-0.4, -0.2) is 47.5 Å². The quantitative estimate of drug-likeness (QED) is 0.454. The van der Waals surface area contributed by atoms with Gasteiger partial charge in [-0.1, -0.05) is 26.2 Å². The first-order chi connectivity index (χ1) is 12.1. The molecule has 1 aromatic heterocycles. The number of aliphatic hydroxyl groups is 1. The first-order valence-electron chi connectivity index (χ1n) is 9.23. The van der Waals surface area contributed by atoms with Gasteiger partial charge in [0, 0.05) is 17.8 Å². The van der Waals surface area contributed by atoms with Crippen molar-refractivity contribution in [2.75, 3.05) is 13.2 Å². The topological polar surface area (TPSA) is 66.8 Å². The standard InChI is InChI=1S/C19H29NO4S/c1-2-3-4-5-16(22)10-11-20-15(6-9-19(20)23)13-24-14-18-8-7-17(12-21)25-18/h7-8,12,15-16,22H,2-6,9-11,13-14H2,1H3/t15-,16+/m1/s1. The summed E-state index contributed by atoms with van der Waals surface area (Å²) in [7, 11) is 0. The predicted octanol–water partition coefficient (Wildman–Crippen LogP) is 3.40. The Labute approximate surface area is 154 Å². The summed E-state index contributed by atoms with van der Waals surface area (Å²) < 4.78 is 5.76. The zero-order valence-electron chi connectivity index (χ0n) is 15.0. The van der Waals surface area contributed by atoms with Crippen LogP contribution in [0, 0.1) is 0 Å². The third-order valence-corrected chi connectivity index (χ3v) is 5.63. The van der Waals surface area contributed by atoms with Gasteiger partial charge in [-0.05, 0) is 31.4 Å². The Bertz CT molecular complexity index is 545. The van der Waals surface area contributed by atoms with Gasteiger partial charge in [-0.15, -0.1) is 11.3 Å². The maximum atomic E-state index is 12.1. The van der Waals surface area contributed by atoms with Crippen molar-refractivity contribution >= 4 is 23.5 Å². The monoisotopic (exact) mass is 367 g/mol. The summed E-state index contributed by atoms with van der Waals surface area (Å²) >= 11 is 1.43. The predicted molar refractivity (Wildman–Crippen MR) is 98.9 cm³/mol. The zero-order chi connectivity index (χ0) is 18.1. The van der Waals surface area contributed by atoms with Crippen LogP contribution in [0.5, 0.6) is 0 Å². The number of hydrogen-bond acceptors (Lipinski definition) is 5. The van der Waals surface area contributed by atoms with Crippen molar-refractivity contribution in [2.24, 2.45) is 0 Å². The molecule has 25 heavy (non-hydrogen) atoms. The van der Waals surface area contributed by atoms with Gasteiger partial charge in [-0.25, -0.2) is 0 Å². The van der Waals surface area contributed by atoms with Crippen molar-refractivity contribution in [2.45, 2.75) is 70.6 Å². The van der Waals surface area contributed by atoms with Crippen molar-refractivity contribution < 1.29 is 19.4 Å². The lowest BCUT2D eigenvalue weighted by Gasteiger charge is -2.25. The minimum absolute atomic E-state index is 0.0980. The highest BCUT2D eigenvalue weighted by atomic mass is 32.1. The van der Waals surface area contributed by atoms with E-state index in [1.165, 1.54) is 11.3 Å². The molecule has 0 aliphatic carbocycles. The second-order valence-electron chi connectivity index (χ2n) is 6.65. The van der Waals surface area contributed by atoms with E-state index in [0.29, 0.717) is 37.5 Å². The highest BCUT2D eigenvalue weighted by Crippen LogP contribution is 2.22. The number of unbranched alkanes of at least 4 members (excludes halogenated alkanes) is 2. The number of aldehydes is 1. The Kier molecular flexibility index (Phi) is 8.58. The molecule has 1 aliphatic rings. The number of rotatable bonds is 12. The summed E-state index contributed by atoms with van der Waals surface area (Å²) in [6.07, 6.45) is 6.69. The molecule has 2 rings (SSSR count). The fourth-order valence-corrected chi connectivity index (χ4v) is 3.93. The average Bonchev–Trinajstić information content (AvgIpc) is 3.20. The molecule has 1 N–H and O–H groups in total. The molecule has 0 aromatic carbocycles. The van der Waals surface area contributed by atoms with E-state index in [0.717, 1.165) is 43.3 Å². The van der Waals surface area contributed by atoms with E-state index < -0.39 is 0 Å². The van der Waals surface area contributed by atoms with E-state index in [-0.39, 0.29) is 18.1 Å². The summed E-state index contributed by atoms with van der Waals surface area (Å²) in [6, 6.07) is 3.79. The molecular weight excluding hydrogens is 338 g/mol. The molecule has 1 amide bonds. The molecule has 1 fully saturated rings. The number of hydrogen-bond donors (Lipinski definition) is 1. The molecule has 2 heterocycles. The lowest BCUT2D eigenvalue weighted by Crippen LogP contribution is -2.38. The van der Waals surface area contributed by atoms with Crippen LogP contribution in [0.1, 0.15) is 66.4 Å². The highest BCUT2D eigenvalue weighted by Gasteiger charge is 2.31. The molecular formula is C19H29NO4S. The van der Waals surface area contributed by atoms with E-state index in [9.17, 15) is 14.7 Å². The van der Waals surface area contributed by atoms with Crippen molar-refractivity contribution in [3.63, 3.8) is 0 Å². The minimum atomic E-state index is -0.325. The fraction of sp³-hybridized carbons (Fsp3) is 0.684. The molecule has 0 radical (unpaired) electrons. The van der Waals surface area contributed by atoms with Crippen molar-refractivity contribution in [3.8, 4) is 0 Å². The molecule has 0 saturated carbocycles. The van der Waals surface area contributed by atoms with Gasteiger partial charge in [0.2, 0.25) is 5.91 Å². The van der Waals surface area contributed by atoms with Crippen LogP contribution in [0.4, 0.5) is 0 Å². The highest BCUT2D eigenvalue weighted by molar-refractivity contribution is 7.13. The molecule has 0 unspecified atom stereocenters. The number of ether oxygens (including phenoxy) is 1. The Morgan fingerprint density at radius 3 is 2.96 bits per heavy atom. The lowest BCUT2D eigenvalue weighted by atomic mass is 10.1. The van der Waals surface area contributed by atoms with Crippen LogP contribution in [0.15, 0.2) is 12.1 Å². The van der Waals surface area contributed by atoms with Gasteiger partial charge in [-0.3, -0.25) is 9.59 Å². The zero-order valence-corrected chi connectivity index (χ0v) is 15.8. The molecule has 140 valence electrons. The molecule has 5 nitrogen and oxygen atoms in total. The summed E-state index contributed by atoms with van der Waals surface area (Å²) in [6.45, 7) is 3.73. The van der Waals surface area contributed by atoms with Gasteiger partial charge in [0.25, 0.3) is 0 Å². The van der Waals surface area contributed by atoms with E-state index in [2.05, 4.69) is 6.92 Å². The van der Waals surface area contributed by atoms with Gasteiger partial charge in [-0.2, -0.15) is 0 Å². The second kappa shape index (κ2) is 10.7. The van der Waals surface area contributed by atoms with Crippen LogP contribution in [-0.2, 0) is 16.1 Å². The number of nitrogens with zero attached hydrogens (tertiary/aromatic N) is 1. The van der Waals surface area contributed by atoms with E-state index >= 15 is 0 Å². The molecule has 1 aliphatic heterocycles. The molecule has 6 heteroatoms. The SMILES string of the molecule is CCCCC[C@H](O)CCN1C(=O)CC[C@@H]1COCc1ccc(C=O)s1. The van der Waals surface area contributed by atoms with E-state index in [1.807, 2.05) is 11.0 Å². The van der Waals surface area contributed by atoms with Crippen LogP contribution in [0.2, 0.25) is 0 Å². The number of aliphatic hydroxyl groups excluding tert-OH is 1. The largest absolute Gasteiger partial charge is 0.393 e.